The van der Waals surface area contributed by atoms with Crippen molar-refractivity contribution in [1.82, 2.24) is 15.2 Å². The number of rotatable bonds is 7. The van der Waals surface area contributed by atoms with E-state index in [1.807, 2.05) is 0 Å². The fourth-order valence-electron chi connectivity index (χ4n) is 2.67. The number of aromatic nitrogens is 1. The number of carbonyl (C=O) groups is 1. The van der Waals surface area contributed by atoms with Gasteiger partial charge in [0.1, 0.15) is 11.5 Å². The Labute approximate surface area is 152 Å². The van der Waals surface area contributed by atoms with Crippen molar-refractivity contribution in [2.45, 2.75) is 37.3 Å². The van der Waals surface area contributed by atoms with Gasteiger partial charge in [0.2, 0.25) is 10.0 Å². The van der Waals surface area contributed by atoms with Crippen LogP contribution in [0.1, 0.15) is 34.7 Å². The second-order valence-corrected chi connectivity index (χ2v) is 7.89. The van der Waals surface area contributed by atoms with Crippen molar-refractivity contribution in [1.29, 1.82) is 0 Å². The molecule has 0 radical (unpaired) electrons. The van der Waals surface area contributed by atoms with Gasteiger partial charge in [-0.3, -0.25) is 4.79 Å². The summed E-state index contributed by atoms with van der Waals surface area (Å²) in [5.74, 6) is 0.265. The topological polar surface area (TPSA) is 111 Å². The molecule has 0 saturated carbocycles. The molecule has 1 aliphatic heterocycles. The number of nitrogens with one attached hydrogen (secondary N) is 2. The molecule has 9 heteroatoms. The number of hydrogen-bond donors (Lipinski definition) is 2. The monoisotopic (exact) mass is 379 g/mol. The molecular formula is C17H21N3O5S. The van der Waals surface area contributed by atoms with Crippen LogP contribution in [-0.2, 0) is 21.3 Å². The minimum absolute atomic E-state index is 0.0421. The number of aryl methyl sites for hydroxylation is 1. The Balaban J connectivity index is 1.63. The Morgan fingerprint density at radius 3 is 2.88 bits per heavy atom. The minimum atomic E-state index is -3.70. The number of nitrogens with zero attached hydrogens (tertiary/aromatic N) is 1. The summed E-state index contributed by atoms with van der Waals surface area (Å²) < 4.78 is 37.7. The predicted octanol–water partition coefficient (Wildman–Crippen LogP) is 1.37. The third-order valence-electron chi connectivity index (χ3n) is 4.04. The van der Waals surface area contributed by atoms with Crippen LogP contribution in [0.25, 0.3) is 0 Å². The van der Waals surface area contributed by atoms with Crippen LogP contribution < -0.4 is 10.0 Å². The number of hydrogen-bond acceptors (Lipinski definition) is 6. The number of carbonyl (C=O) groups excluding carboxylic acids is 1. The van der Waals surface area contributed by atoms with Gasteiger partial charge in [0, 0.05) is 24.8 Å². The summed E-state index contributed by atoms with van der Waals surface area (Å²) in [6.07, 6.45) is 1.68. The zero-order valence-electron chi connectivity index (χ0n) is 14.4. The molecule has 26 heavy (non-hydrogen) atoms. The molecule has 1 fully saturated rings. The van der Waals surface area contributed by atoms with Crippen LogP contribution in [0.15, 0.2) is 39.8 Å². The molecule has 1 atom stereocenters. The van der Waals surface area contributed by atoms with Gasteiger partial charge in [-0.15, -0.1) is 0 Å². The van der Waals surface area contributed by atoms with Crippen LogP contribution in [0.5, 0.6) is 0 Å². The van der Waals surface area contributed by atoms with E-state index in [-0.39, 0.29) is 35.6 Å². The molecule has 0 unspecified atom stereocenters. The van der Waals surface area contributed by atoms with Crippen molar-refractivity contribution in [3.8, 4) is 0 Å². The van der Waals surface area contributed by atoms with E-state index in [0.29, 0.717) is 18.1 Å². The van der Waals surface area contributed by atoms with Crippen LogP contribution in [0.2, 0.25) is 0 Å². The molecule has 0 aliphatic carbocycles. The van der Waals surface area contributed by atoms with Gasteiger partial charge in [0.15, 0.2) is 0 Å². The fraction of sp³-hybridized carbons (Fsp3) is 0.412. The average molecular weight is 379 g/mol. The molecule has 1 amide bonds. The average Bonchev–Trinajstić information content (AvgIpc) is 3.29. The highest BCUT2D eigenvalue weighted by molar-refractivity contribution is 7.89. The lowest BCUT2D eigenvalue weighted by molar-refractivity contribution is 0.0950. The van der Waals surface area contributed by atoms with Gasteiger partial charge in [-0.2, -0.15) is 0 Å². The maximum Gasteiger partial charge on any atom is 0.251 e. The largest absolute Gasteiger partial charge is 0.377 e. The summed E-state index contributed by atoms with van der Waals surface area (Å²) in [5, 5.41) is 6.48. The first-order valence-electron chi connectivity index (χ1n) is 8.36. The van der Waals surface area contributed by atoms with E-state index < -0.39 is 10.0 Å². The molecule has 1 aromatic heterocycles. The Morgan fingerprint density at radius 1 is 1.35 bits per heavy atom. The molecule has 1 saturated heterocycles. The number of sulfonamides is 1. The van der Waals surface area contributed by atoms with E-state index in [2.05, 4.69) is 15.2 Å². The molecular weight excluding hydrogens is 358 g/mol. The zero-order chi connectivity index (χ0) is 18.6. The number of benzene rings is 1. The molecule has 1 aromatic carbocycles. The minimum Gasteiger partial charge on any atom is -0.377 e. The van der Waals surface area contributed by atoms with Gasteiger partial charge in [0.05, 0.1) is 17.5 Å². The molecule has 3 rings (SSSR count). The first-order chi connectivity index (χ1) is 12.4. The van der Waals surface area contributed by atoms with Crippen molar-refractivity contribution in [2.75, 3.05) is 13.2 Å². The fourth-order valence-corrected chi connectivity index (χ4v) is 3.78. The standard InChI is InChI=1S/C17H21N3O5S/c1-12-8-14(20-25-12)10-18-17(21)13-4-2-6-16(9-13)26(22,23)19-11-15-5-3-7-24-15/h2,4,6,8-9,15,19H,3,5,7,10-11H2,1H3,(H,18,21)/t15-/m0/s1. The highest BCUT2D eigenvalue weighted by atomic mass is 32.2. The molecule has 0 bridgehead atoms. The predicted molar refractivity (Wildman–Crippen MR) is 93.0 cm³/mol. The molecule has 0 spiro atoms. The van der Waals surface area contributed by atoms with E-state index >= 15 is 0 Å². The highest BCUT2D eigenvalue weighted by Gasteiger charge is 2.21. The van der Waals surface area contributed by atoms with Crippen LogP contribution in [-0.4, -0.2) is 38.7 Å². The smallest absolute Gasteiger partial charge is 0.251 e. The van der Waals surface area contributed by atoms with Crippen LogP contribution in [0.3, 0.4) is 0 Å². The maximum absolute atomic E-state index is 12.4. The normalized spacial score (nSPS) is 17.3. The summed E-state index contributed by atoms with van der Waals surface area (Å²) in [6.45, 7) is 2.85. The van der Waals surface area contributed by atoms with Crippen molar-refractivity contribution in [3.63, 3.8) is 0 Å². The Hall–Kier alpha value is -2.23. The van der Waals surface area contributed by atoms with Crippen molar-refractivity contribution in [3.05, 3.63) is 47.3 Å². The highest BCUT2D eigenvalue weighted by Crippen LogP contribution is 2.14. The van der Waals surface area contributed by atoms with Crippen LogP contribution >= 0.6 is 0 Å². The van der Waals surface area contributed by atoms with E-state index in [0.717, 1.165) is 12.8 Å². The Kier molecular flexibility index (Phi) is 5.70. The molecule has 8 nitrogen and oxygen atoms in total. The summed E-state index contributed by atoms with van der Waals surface area (Å²) in [7, 11) is -3.70. The molecule has 1 aliphatic rings. The lowest BCUT2D eigenvalue weighted by Gasteiger charge is -2.12. The first kappa shape index (κ1) is 18.6. The Bertz CT molecular complexity index is 872. The second kappa shape index (κ2) is 7.98. The van der Waals surface area contributed by atoms with Gasteiger partial charge in [0.25, 0.3) is 5.91 Å². The van der Waals surface area contributed by atoms with Crippen molar-refractivity contribution < 1.29 is 22.5 Å². The van der Waals surface area contributed by atoms with Gasteiger partial charge < -0.3 is 14.6 Å². The van der Waals surface area contributed by atoms with Crippen LogP contribution in [0, 0.1) is 6.92 Å². The van der Waals surface area contributed by atoms with Crippen molar-refractivity contribution in [2.24, 2.45) is 0 Å². The molecule has 140 valence electrons. The summed E-state index contributed by atoms with van der Waals surface area (Å²) in [6, 6.07) is 7.62. The maximum atomic E-state index is 12.4. The Morgan fingerprint density at radius 2 is 2.19 bits per heavy atom. The lowest BCUT2D eigenvalue weighted by Crippen LogP contribution is -2.32. The SMILES string of the molecule is Cc1cc(CNC(=O)c2cccc(S(=O)(=O)NC[C@@H]3CCCO3)c2)no1. The van der Waals surface area contributed by atoms with E-state index in [4.69, 9.17) is 9.26 Å². The van der Waals surface area contributed by atoms with E-state index in [1.54, 1.807) is 19.1 Å². The quantitative estimate of drug-likeness (QED) is 0.752. The lowest BCUT2D eigenvalue weighted by atomic mass is 10.2. The van der Waals surface area contributed by atoms with Gasteiger partial charge in [-0.05, 0) is 38.0 Å². The second-order valence-electron chi connectivity index (χ2n) is 6.13. The van der Waals surface area contributed by atoms with Crippen LogP contribution in [0.4, 0.5) is 0 Å². The van der Waals surface area contributed by atoms with E-state index in [1.165, 1.54) is 18.2 Å². The molecule has 2 heterocycles. The summed E-state index contributed by atoms with van der Waals surface area (Å²) in [4.78, 5) is 12.3. The van der Waals surface area contributed by atoms with Crippen molar-refractivity contribution >= 4 is 15.9 Å². The summed E-state index contributed by atoms with van der Waals surface area (Å²) >= 11 is 0. The summed E-state index contributed by atoms with van der Waals surface area (Å²) in [5.41, 5.74) is 0.850. The molecule has 2 aromatic rings. The van der Waals surface area contributed by atoms with Gasteiger partial charge in [-0.25, -0.2) is 13.1 Å². The van der Waals surface area contributed by atoms with E-state index in [9.17, 15) is 13.2 Å². The number of amides is 1. The third-order valence-corrected chi connectivity index (χ3v) is 5.46. The third kappa shape index (κ3) is 4.69. The number of ether oxygens (including phenoxy) is 1. The van der Waals surface area contributed by atoms with Gasteiger partial charge >= 0.3 is 0 Å². The molecule has 2 N–H and O–H groups in total. The first-order valence-corrected chi connectivity index (χ1v) is 9.84. The zero-order valence-corrected chi connectivity index (χ0v) is 15.2. The van der Waals surface area contributed by atoms with Gasteiger partial charge in [-0.1, -0.05) is 11.2 Å².